The quantitative estimate of drug-likeness (QED) is 0.102. The highest BCUT2D eigenvalue weighted by Gasteiger charge is 2.63. The Kier molecular flexibility index (Phi) is 7.93. The van der Waals surface area contributed by atoms with E-state index in [0.29, 0.717) is 11.3 Å². The van der Waals surface area contributed by atoms with Gasteiger partial charge in [0, 0.05) is 43.0 Å². The lowest BCUT2D eigenvalue weighted by atomic mass is 9.58. The van der Waals surface area contributed by atoms with Crippen LogP contribution in [0.15, 0.2) is 46.9 Å². The van der Waals surface area contributed by atoms with Gasteiger partial charge >= 0.3 is 11.7 Å². The lowest BCUT2D eigenvalue weighted by Gasteiger charge is -2.50. The molecular weight excluding hydrogens is 623 g/mol. The van der Waals surface area contributed by atoms with Crippen molar-refractivity contribution in [2.45, 2.75) is 24.5 Å². The second kappa shape index (κ2) is 11.4. The van der Waals surface area contributed by atoms with Gasteiger partial charge in [0.15, 0.2) is 17.1 Å². The molecule has 0 bridgehead atoms. The van der Waals surface area contributed by atoms with Gasteiger partial charge in [0.1, 0.15) is 17.1 Å². The molecule has 4 atom stereocenters. The molecule has 17 heteroatoms. The number of hydrogen-bond donors (Lipinski definition) is 7. The Hall–Kier alpha value is -5.55. The Bertz CT molecular complexity index is 1850. The number of phenolic OH excluding ortho intramolecular Hbond substituents is 1. The number of nitrogens with one attached hydrogen (secondary N) is 2. The van der Waals surface area contributed by atoms with Crippen LogP contribution < -0.4 is 21.3 Å². The molecule has 3 aliphatic rings. The zero-order valence-electron chi connectivity index (χ0n) is 25.5. The number of hydrogen-bond acceptors (Lipinski definition) is 12. The molecule has 8 N–H and O–H groups in total. The van der Waals surface area contributed by atoms with Crippen molar-refractivity contribution < 1.29 is 48.9 Å². The molecule has 0 radical (unpaired) electrons. The number of ketones is 2. The highest BCUT2D eigenvalue weighted by molar-refractivity contribution is 6.25. The summed E-state index contributed by atoms with van der Waals surface area (Å²) >= 11 is 0. The van der Waals surface area contributed by atoms with Gasteiger partial charge in [-0.2, -0.15) is 4.39 Å². The molecule has 2 aromatic carbocycles. The highest BCUT2D eigenvalue weighted by atomic mass is 19.1. The number of nitro groups is 1. The summed E-state index contributed by atoms with van der Waals surface area (Å²) in [5, 5.41) is 61.2. The number of rotatable bonds is 6. The normalized spacial score (nSPS) is 23.6. The number of primary amides is 1. The number of halogens is 1. The van der Waals surface area contributed by atoms with Crippen LogP contribution in [0.5, 0.6) is 5.75 Å². The summed E-state index contributed by atoms with van der Waals surface area (Å²) in [5.74, 6) is -9.26. The molecule has 5 rings (SSSR count). The van der Waals surface area contributed by atoms with Crippen molar-refractivity contribution in [1.82, 2.24) is 4.90 Å². The molecule has 0 fully saturated rings. The number of urea groups is 1. The first kappa shape index (κ1) is 32.8. The third-order valence-corrected chi connectivity index (χ3v) is 8.83. The van der Waals surface area contributed by atoms with E-state index in [1.54, 1.807) is 19.0 Å². The Balaban J connectivity index is 1.59. The Morgan fingerprint density at radius 3 is 2.34 bits per heavy atom. The van der Waals surface area contributed by atoms with E-state index in [2.05, 4.69) is 10.6 Å². The summed E-state index contributed by atoms with van der Waals surface area (Å²) in [6, 6.07) is 1.87. The molecule has 0 aliphatic heterocycles. The Morgan fingerprint density at radius 2 is 1.77 bits per heavy atom. The number of phenols is 1. The fraction of sp³-hybridized carbons (Fsp3) is 0.333. The van der Waals surface area contributed by atoms with Gasteiger partial charge in [-0.05, 0) is 56.6 Å². The van der Waals surface area contributed by atoms with Crippen LogP contribution in [0.4, 0.5) is 31.9 Å². The molecule has 47 heavy (non-hydrogen) atoms. The van der Waals surface area contributed by atoms with Gasteiger partial charge in [-0.1, -0.05) is 0 Å². The molecule has 3 aliphatic carbocycles. The molecule has 0 spiro atoms. The Labute approximate surface area is 265 Å². The van der Waals surface area contributed by atoms with Crippen molar-refractivity contribution in [1.29, 1.82) is 0 Å². The number of anilines is 3. The van der Waals surface area contributed by atoms with Crippen molar-refractivity contribution in [3.05, 3.63) is 74.0 Å². The van der Waals surface area contributed by atoms with Crippen LogP contribution in [-0.4, -0.2) is 93.6 Å². The van der Waals surface area contributed by atoms with E-state index in [1.807, 2.05) is 0 Å². The first-order chi connectivity index (χ1) is 21.9. The molecule has 3 amide bonds. The molecule has 0 heterocycles. The topological polar surface area (TPSA) is 249 Å². The predicted molar refractivity (Wildman–Crippen MR) is 164 cm³/mol. The van der Waals surface area contributed by atoms with E-state index in [4.69, 9.17) is 5.73 Å². The molecular formula is C30H31FN6O10. The maximum Gasteiger partial charge on any atom is 0.323 e. The third-order valence-electron chi connectivity index (χ3n) is 8.83. The number of aliphatic hydroxyl groups excluding tert-OH is 2. The first-order valence-corrected chi connectivity index (χ1v) is 14.1. The highest BCUT2D eigenvalue weighted by Crippen LogP contribution is 2.54. The predicted octanol–water partition coefficient (Wildman–Crippen LogP) is 1.88. The smallest absolute Gasteiger partial charge is 0.323 e. The number of carbonyl (C=O) groups is 4. The molecule has 16 nitrogen and oxygen atoms in total. The fourth-order valence-electron chi connectivity index (χ4n) is 6.81. The number of carbonyl (C=O) groups excluding carboxylic acids is 4. The van der Waals surface area contributed by atoms with E-state index in [-0.39, 0.29) is 29.8 Å². The molecule has 0 unspecified atom stereocenters. The van der Waals surface area contributed by atoms with Crippen LogP contribution in [-0.2, 0) is 16.0 Å². The maximum absolute atomic E-state index is 14.1. The van der Waals surface area contributed by atoms with E-state index in [0.717, 1.165) is 18.2 Å². The number of fused-ring (bicyclic) bond motifs is 3. The second-order valence-electron chi connectivity index (χ2n) is 12.0. The monoisotopic (exact) mass is 654 g/mol. The van der Waals surface area contributed by atoms with Crippen LogP contribution >= 0.6 is 0 Å². The summed E-state index contributed by atoms with van der Waals surface area (Å²) in [5.41, 5.74) is 0.259. The summed E-state index contributed by atoms with van der Waals surface area (Å²) in [6.07, 6.45) is -0.0903. The number of benzene rings is 2. The SMILES string of the molecule is CN(C)c1cc(NC(=O)Nc2ccc(F)c([N+](=O)[O-])c2)c(O)c2c1C[C@@H]1C[C@@H]3[C@@H](N(C)C)C(O)=C(C(N)=O)C(=O)[C@]3(O)C(O)=C1C2=O. The van der Waals surface area contributed by atoms with Crippen molar-refractivity contribution in [2.24, 2.45) is 17.6 Å². The minimum absolute atomic E-state index is 0.0152. The van der Waals surface area contributed by atoms with Crippen LogP contribution in [0.3, 0.4) is 0 Å². The number of nitro benzene ring substituents is 1. The minimum Gasteiger partial charge on any atom is -0.510 e. The van der Waals surface area contributed by atoms with Crippen molar-refractivity contribution >= 4 is 46.3 Å². The molecule has 0 aromatic heterocycles. The number of allylic oxidation sites excluding steroid dienone is 1. The summed E-state index contributed by atoms with van der Waals surface area (Å²) in [6.45, 7) is 0. The van der Waals surface area contributed by atoms with Crippen LogP contribution in [0.2, 0.25) is 0 Å². The number of aromatic hydroxyl groups is 1. The number of Topliss-reactive ketones (excluding diaryl/α,β-unsaturated/α-hetero) is 2. The molecule has 0 saturated heterocycles. The average Bonchev–Trinajstić information content (AvgIpc) is 2.96. The second-order valence-corrected chi connectivity index (χ2v) is 12.0. The standard InChI is InChI=1S/C30H31FN6O10/c1-35(2)17-10-16(34-29(44)33-12-5-6-15(31)18(9-12)37(46)47)23(38)20-13(17)7-11-8-14-22(36(3)4)25(40)21(28(32)43)27(42)30(14,45)26(41)19(11)24(20)39/h5-6,9-11,14,22,38,40-41,45H,7-8H2,1-4H3,(H2,32,43)(H2,33,34,44)/t11-,14-,22-,30-/m1/s1. The van der Waals surface area contributed by atoms with Gasteiger partial charge in [-0.3, -0.25) is 29.4 Å². The number of nitrogens with zero attached hydrogens (tertiary/aromatic N) is 3. The van der Waals surface area contributed by atoms with E-state index in [1.165, 1.54) is 25.1 Å². The van der Waals surface area contributed by atoms with Crippen molar-refractivity contribution in [3.8, 4) is 5.75 Å². The van der Waals surface area contributed by atoms with Crippen LogP contribution in [0, 0.1) is 27.8 Å². The van der Waals surface area contributed by atoms with Gasteiger partial charge < -0.3 is 41.7 Å². The summed E-state index contributed by atoms with van der Waals surface area (Å²) in [7, 11) is 6.32. The number of nitrogens with two attached hydrogens (primary N) is 1. The number of likely N-dealkylation sites (N-methyl/N-ethyl adjacent to an activating group) is 1. The maximum atomic E-state index is 14.1. The average molecular weight is 655 g/mol. The first-order valence-electron chi connectivity index (χ1n) is 14.1. The zero-order chi connectivity index (χ0) is 34.9. The Morgan fingerprint density at radius 1 is 1.11 bits per heavy atom. The van der Waals surface area contributed by atoms with Crippen LogP contribution in [0.1, 0.15) is 22.3 Å². The minimum atomic E-state index is -2.82. The molecule has 248 valence electrons. The van der Waals surface area contributed by atoms with Crippen molar-refractivity contribution in [2.75, 3.05) is 43.7 Å². The van der Waals surface area contributed by atoms with Gasteiger partial charge in [0.25, 0.3) is 5.91 Å². The van der Waals surface area contributed by atoms with Gasteiger partial charge in [-0.15, -0.1) is 0 Å². The van der Waals surface area contributed by atoms with Gasteiger partial charge in [0.2, 0.25) is 11.6 Å². The largest absolute Gasteiger partial charge is 0.510 e. The zero-order valence-corrected chi connectivity index (χ0v) is 25.5. The van der Waals surface area contributed by atoms with Crippen LogP contribution in [0.25, 0.3) is 0 Å². The fourth-order valence-corrected chi connectivity index (χ4v) is 6.81. The molecule has 0 saturated carbocycles. The van der Waals surface area contributed by atoms with E-state index < -0.39 is 91.8 Å². The number of amides is 3. The summed E-state index contributed by atoms with van der Waals surface area (Å²) in [4.78, 5) is 65.8. The van der Waals surface area contributed by atoms with E-state index in [9.17, 15) is 54.1 Å². The van der Waals surface area contributed by atoms with E-state index >= 15 is 0 Å². The molecule has 2 aromatic rings. The summed E-state index contributed by atoms with van der Waals surface area (Å²) < 4.78 is 13.8. The van der Waals surface area contributed by atoms with Gasteiger partial charge in [0.05, 0.1) is 22.2 Å². The van der Waals surface area contributed by atoms with Crippen molar-refractivity contribution in [3.63, 3.8) is 0 Å². The lowest BCUT2D eigenvalue weighted by molar-refractivity contribution is -0.387. The number of aliphatic hydroxyl groups is 3. The third kappa shape index (κ3) is 4.99. The van der Waals surface area contributed by atoms with Gasteiger partial charge in [-0.25, -0.2) is 4.79 Å². The lowest BCUT2D eigenvalue weighted by Crippen LogP contribution is -2.63.